The van der Waals surface area contributed by atoms with E-state index in [2.05, 4.69) is 5.32 Å². The fraction of sp³-hybridized carbons (Fsp3) is 0. The minimum atomic E-state index is -0.523. The molecule has 0 unspecified atom stereocenters. The molecule has 0 spiro atoms. The minimum absolute atomic E-state index is 0.0859. The van der Waals surface area contributed by atoms with Crippen molar-refractivity contribution in [3.8, 4) is 0 Å². The molecule has 1 N–H and O–H groups in total. The number of nitrogens with zero attached hydrogens (tertiary/aromatic N) is 1. The van der Waals surface area contributed by atoms with Gasteiger partial charge in [-0.25, -0.2) is 0 Å². The van der Waals surface area contributed by atoms with Crippen LogP contribution in [0.4, 0.5) is 5.69 Å². The molecule has 1 saturated heterocycles. The van der Waals surface area contributed by atoms with Crippen molar-refractivity contribution in [2.75, 3.05) is 0 Å². The third-order valence-corrected chi connectivity index (χ3v) is 3.63. The van der Waals surface area contributed by atoms with Gasteiger partial charge in [0.05, 0.1) is 9.83 Å². The molecule has 92 valence electrons. The third kappa shape index (κ3) is 2.69. The number of nitrogens with one attached hydrogen (secondary N) is 1. The van der Waals surface area contributed by atoms with Crippen LogP contribution < -0.4 is 5.32 Å². The third-order valence-electron chi connectivity index (χ3n) is 2.12. The predicted octanol–water partition coefficient (Wildman–Crippen LogP) is 2.74. The summed E-state index contributed by atoms with van der Waals surface area (Å²) in [6.07, 6.45) is 1.48. The summed E-state index contributed by atoms with van der Waals surface area (Å²) < 4.78 is 0.354. The van der Waals surface area contributed by atoms with Gasteiger partial charge in [-0.1, -0.05) is 35.6 Å². The number of non-ortho nitro benzene ring substituents is 1. The number of hydrogen-bond donors (Lipinski definition) is 1. The number of carbonyl (C=O) groups is 1. The Kier molecular flexibility index (Phi) is 3.65. The highest BCUT2D eigenvalue weighted by molar-refractivity contribution is 8.26. The first-order chi connectivity index (χ1) is 8.47. The number of nitro groups is 1. The lowest BCUT2D eigenvalue weighted by atomic mass is 10.2. The molecule has 0 bridgehead atoms. The van der Waals surface area contributed by atoms with E-state index in [9.17, 15) is 14.9 Å². The maximum absolute atomic E-state index is 11.5. The van der Waals surface area contributed by atoms with Crippen LogP contribution in [0.1, 0.15) is 5.56 Å². The zero-order chi connectivity index (χ0) is 13.3. The Labute approximate surface area is 116 Å². The number of hydrogen-bond acceptors (Lipinski definition) is 5. The summed E-state index contributed by atoms with van der Waals surface area (Å²) in [5.74, 6) is -0.326. The smallest absolute Gasteiger partial charge is 0.270 e. The van der Waals surface area contributed by atoms with E-state index in [4.69, 9.17) is 23.8 Å². The Balaban J connectivity index is 2.42. The predicted molar refractivity (Wildman–Crippen MR) is 74.4 cm³/mol. The number of benzene rings is 1. The summed E-state index contributed by atoms with van der Waals surface area (Å²) in [4.78, 5) is 21.9. The molecule has 0 aliphatic carbocycles. The van der Waals surface area contributed by atoms with E-state index >= 15 is 0 Å². The van der Waals surface area contributed by atoms with Crippen molar-refractivity contribution in [2.24, 2.45) is 0 Å². The molecule has 2 rings (SSSR count). The second-order valence-electron chi connectivity index (χ2n) is 3.32. The average molecular weight is 301 g/mol. The van der Waals surface area contributed by atoms with Gasteiger partial charge in [0.25, 0.3) is 11.6 Å². The Bertz CT molecular complexity index is 601. The van der Waals surface area contributed by atoms with Crippen LogP contribution in [0.25, 0.3) is 6.08 Å². The van der Waals surface area contributed by atoms with E-state index in [1.807, 2.05) is 0 Å². The second-order valence-corrected chi connectivity index (χ2v) is 5.44. The van der Waals surface area contributed by atoms with Crippen molar-refractivity contribution in [1.29, 1.82) is 0 Å². The SMILES string of the molecule is O=C1NC(=S)SC1=Cc1cc([N+](=O)[O-])ccc1Cl. The van der Waals surface area contributed by atoms with E-state index < -0.39 is 4.92 Å². The number of thioether (sulfide) groups is 1. The maximum Gasteiger partial charge on any atom is 0.270 e. The number of carbonyl (C=O) groups excluding carboxylic acids is 1. The number of rotatable bonds is 2. The van der Waals surface area contributed by atoms with E-state index in [0.717, 1.165) is 11.8 Å². The van der Waals surface area contributed by atoms with Gasteiger partial charge in [0.2, 0.25) is 0 Å². The molecule has 18 heavy (non-hydrogen) atoms. The maximum atomic E-state index is 11.5. The monoisotopic (exact) mass is 300 g/mol. The van der Waals surface area contributed by atoms with Crippen LogP contribution in [-0.4, -0.2) is 15.2 Å². The largest absolute Gasteiger partial charge is 0.307 e. The summed E-state index contributed by atoms with van der Waals surface area (Å²) >= 11 is 11.9. The van der Waals surface area contributed by atoms with Crippen LogP contribution in [0.3, 0.4) is 0 Å². The highest BCUT2D eigenvalue weighted by atomic mass is 35.5. The highest BCUT2D eigenvalue weighted by Crippen LogP contribution is 2.30. The van der Waals surface area contributed by atoms with Crippen molar-refractivity contribution in [3.05, 3.63) is 43.8 Å². The lowest BCUT2D eigenvalue weighted by molar-refractivity contribution is -0.384. The minimum Gasteiger partial charge on any atom is -0.307 e. The van der Waals surface area contributed by atoms with Crippen molar-refractivity contribution >= 4 is 57.6 Å². The van der Waals surface area contributed by atoms with Crippen molar-refractivity contribution in [1.82, 2.24) is 5.32 Å². The summed E-state index contributed by atoms with van der Waals surface area (Å²) in [6.45, 7) is 0. The van der Waals surface area contributed by atoms with Gasteiger partial charge >= 0.3 is 0 Å². The molecular weight excluding hydrogens is 296 g/mol. The number of thiocarbonyl (C=S) groups is 1. The molecule has 1 amide bonds. The zero-order valence-electron chi connectivity index (χ0n) is 8.68. The Morgan fingerprint density at radius 1 is 1.50 bits per heavy atom. The first-order valence-electron chi connectivity index (χ1n) is 4.66. The standard InChI is InChI=1S/C10H5ClN2O3S2/c11-7-2-1-6(13(15)16)3-5(7)4-8-9(14)12-10(17)18-8/h1-4H,(H,12,14,17). The van der Waals surface area contributed by atoms with Gasteiger partial charge in [-0.3, -0.25) is 14.9 Å². The molecule has 0 aromatic heterocycles. The van der Waals surface area contributed by atoms with Gasteiger partial charge in [0.1, 0.15) is 4.32 Å². The van der Waals surface area contributed by atoms with Crippen LogP contribution in [0, 0.1) is 10.1 Å². The molecular formula is C10H5ClN2O3S2. The number of nitro benzene ring substituents is 1. The molecule has 5 nitrogen and oxygen atoms in total. The molecule has 1 aliphatic heterocycles. The lowest BCUT2D eigenvalue weighted by Gasteiger charge is -1.99. The Morgan fingerprint density at radius 2 is 2.22 bits per heavy atom. The zero-order valence-corrected chi connectivity index (χ0v) is 11.1. The molecule has 8 heteroatoms. The summed E-state index contributed by atoms with van der Waals surface area (Å²) in [6, 6.07) is 4.03. The molecule has 1 aromatic rings. The van der Waals surface area contributed by atoms with E-state index in [1.165, 1.54) is 24.3 Å². The van der Waals surface area contributed by atoms with Gasteiger partial charge in [0, 0.05) is 22.7 Å². The summed E-state index contributed by atoms with van der Waals surface area (Å²) in [7, 11) is 0. The molecule has 1 aromatic carbocycles. The fourth-order valence-corrected chi connectivity index (χ4v) is 2.52. The normalized spacial score (nSPS) is 17.1. The van der Waals surface area contributed by atoms with Crippen molar-refractivity contribution in [3.63, 3.8) is 0 Å². The molecule has 1 fully saturated rings. The number of halogens is 1. The lowest BCUT2D eigenvalue weighted by Crippen LogP contribution is -2.17. The summed E-state index contributed by atoms with van der Waals surface area (Å²) in [5, 5.41) is 13.4. The van der Waals surface area contributed by atoms with Gasteiger partial charge in [-0.2, -0.15) is 0 Å². The fourth-order valence-electron chi connectivity index (χ4n) is 1.32. The van der Waals surface area contributed by atoms with Gasteiger partial charge in [-0.05, 0) is 12.1 Å². The Morgan fingerprint density at radius 3 is 2.78 bits per heavy atom. The molecule has 0 saturated carbocycles. The quantitative estimate of drug-likeness (QED) is 0.393. The first-order valence-corrected chi connectivity index (χ1v) is 6.26. The van der Waals surface area contributed by atoms with Gasteiger partial charge in [0.15, 0.2) is 0 Å². The van der Waals surface area contributed by atoms with Crippen molar-refractivity contribution < 1.29 is 9.72 Å². The second kappa shape index (κ2) is 5.05. The topological polar surface area (TPSA) is 72.2 Å². The van der Waals surface area contributed by atoms with Crippen LogP contribution in [0.5, 0.6) is 0 Å². The van der Waals surface area contributed by atoms with Crippen LogP contribution in [-0.2, 0) is 4.79 Å². The first kappa shape index (κ1) is 13.0. The summed E-state index contributed by atoms with van der Waals surface area (Å²) in [5.41, 5.74) is 0.324. The van der Waals surface area contributed by atoms with Crippen LogP contribution in [0.2, 0.25) is 5.02 Å². The highest BCUT2D eigenvalue weighted by Gasteiger charge is 2.22. The molecule has 0 radical (unpaired) electrons. The molecule has 0 atom stereocenters. The van der Waals surface area contributed by atoms with E-state index in [1.54, 1.807) is 0 Å². The average Bonchev–Trinajstić information content (AvgIpc) is 2.60. The van der Waals surface area contributed by atoms with Crippen LogP contribution in [0.15, 0.2) is 23.1 Å². The van der Waals surface area contributed by atoms with E-state index in [0.29, 0.717) is 19.8 Å². The van der Waals surface area contributed by atoms with Crippen molar-refractivity contribution in [2.45, 2.75) is 0 Å². The van der Waals surface area contributed by atoms with Gasteiger partial charge < -0.3 is 5.32 Å². The molecule has 1 aliphatic rings. The molecule has 1 heterocycles. The van der Waals surface area contributed by atoms with Gasteiger partial charge in [-0.15, -0.1) is 0 Å². The van der Waals surface area contributed by atoms with Crippen LogP contribution >= 0.6 is 35.6 Å². The van der Waals surface area contributed by atoms with E-state index in [-0.39, 0.29) is 11.6 Å². The number of amides is 1. The Hall–Kier alpha value is -1.44.